The van der Waals surface area contributed by atoms with Crippen LogP contribution in [-0.4, -0.2) is 0 Å². The highest BCUT2D eigenvalue weighted by atomic mass is 16.5. The van der Waals surface area contributed by atoms with Gasteiger partial charge < -0.3 is 4.74 Å². The van der Waals surface area contributed by atoms with Gasteiger partial charge in [0.05, 0.1) is 0 Å². The van der Waals surface area contributed by atoms with Crippen LogP contribution in [0.15, 0.2) is 42.2 Å². The Labute approximate surface area is 118 Å². The predicted octanol–water partition coefficient (Wildman–Crippen LogP) is 5.68. The number of ether oxygens (including phenoxy) is 1. The highest BCUT2D eigenvalue weighted by molar-refractivity contribution is 5.24. The van der Waals surface area contributed by atoms with E-state index in [2.05, 4.69) is 40.7 Å². The van der Waals surface area contributed by atoms with Crippen molar-refractivity contribution in [1.29, 1.82) is 0 Å². The minimum Gasteiger partial charge on any atom is -0.462 e. The summed E-state index contributed by atoms with van der Waals surface area (Å²) in [6, 6.07) is 10.1. The number of hydrogen-bond acceptors (Lipinski definition) is 1. The van der Waals surface area contributed by atoms with Gasteiger partial charge in [-0.2, -0.15) is 0 Å². The second-order valence-electron chi connectivity index (χ2n) is 5.76. The zero-order valence-electron chi connectivity index (χ0n) is 13.0. The molecule has 0 aliphatic rings. The molecule has 0 aliphatic heterocycles. The highest BCUT2D eigenvalue weighted by Crippen LogP contribution is 2.24. The fourth-order valence-corrected chi connectivity index (χ4v) is 2.11. The predicted molar refractivity (Wildman–Crippen MR) is 83.2 cm³/mol. The number of hydrogen-bond donors (Lipinski definition) is 0. The summed E-state index contributed by atoms with van der Waals surface area (Å²) in [7, 11) is 0. The Morgan fingerprint density at radius 2 is 1.74 bits per heavy atom. The van der Waals surface area contributed by atoms with Gasteiger partial charge >= 0.3 is 0 Å². The van der Waals surface area contributed by atoms with Crippen molar-refractivity contribution < 1.29 is 4.74 Å². The molecular formula is C18H28O. The van der Waals surface area contributed by atoms with Gasteiger partial charge in [-0.1, -0.05) is 65.7 Å². The van der Waals surface area contributed by atoms with Crippen LogP contribution >= 0.6 is 0 Å². The van der Waals surface area contributed by atoms with E-state index in [9.17, 15) is 0 Å². The van der Waals surface area contributed by atoms with Gasteiger partial charge in [0.2, 0.25) is 0 Å². The third kappa shape index (κ3) is 5.50. The van der Waals surface area contributed by atoms with Gasteiger partial charge in [-0.15, -0.1) is 0 Å². The molecule has 0 radical (unpaired) electrons. The third-order valence-corrected chi connectivity index (χ3v) is 3.62. The van der Waals surface area contributed by atoms with Crippen molar-refractivity contribution >= 4 is 0 Å². The fourth-order valence-electron chi connectivity index (χ4n) is 2.11. The van der Waals surface area contributed by atoms with Crippen LogP contribution in [-0.2, 0) is 0 Å². The molecule has 0 fully saturated rings. The molecule has 19 heavy (non-hydrogen) atoms. The number of para-hydroxylation sites is 1. The summed E-state index contributed by atoms with van der Waals surface area (Å²) in [5.74, 6) is 3.69. The lowest BCUT2D eigenvalue weighted by atomic mass is 9.90. The Hall–Kier alpha value is -1.24. The molecule has 0 spiro atoms. The van der Waals surface area contributed by atoms with E-state index >= 15 is 0 Å². The molecule has 0 bridgehead atoms. The Balaban J connectivity index is 2.77. The Bertz CT molecular complexity index is 378. The van der Waals surface area contributed by atoms with Crippen LogP contribution in [0.4, 0.5) is 0 Å². The van der Waals surface area contributed by atoms with Gasteiger partial charge in [-0.3, -0.25) is 0 Å². The van der Waals surface area contributed by atoms with Gasteiger partial charge in [0.25, 0.3) is 0 Å². The van der Waals surface area contributed by atoms with Crippen LogP contribution in [0.25, 0.3) is 0 Å². The van der Waals surface area contributed by atoms with Gasteiger partial charge in [-0.25, -0.2) is 0 Å². The maximum atomic E-state index is 6.04. The smallest absolute Gasteiger partial charge is 0.126 e. The van der Waals surface area contributed by atoms with Crippen molar-refractivity contribution in [3.05, 3.63) is 42.2 Å². The molecule has 1 aromatic rings. The Kier molecular flexibility index (Phi) is 6.69. The van der Waals surface area contributed by atoms with Gasteiger partial charge in [0.15, 0.2) is 0 Å². The van der Waals surface area contributed by atoms with Crippen LogP contribution in [0.2, 0.25) is 0 Å². The van der Waals surface area contributed by atoms with E-state index in [-0.39, 0.29) is 0 Å². The maximum Gasteiger partial charge on any atom is 0.126 e. The van der Waals surface area contributed by atoms with E-state index < -0.39 is 0 Å². The second-order valence-corrected chi connectivity index (χ2v) is 5.76. The van der Waals surface area contributed by atoms with Crippen molar-refractivity contribution in [3.8, 4) is 5.75 Å². The lowest BCUT2D eigenvalue weighted by molar-refractivity contribution is 0.346. The minimum atomic E-state index is 0.413. The first-order valence-electron chi connectivity index (χ1n) is 7.49. The lowest BCUT2D eigenvalue weighted by Gasteiger charge is -2.20. The van der Waals surface area contributed by atoms with Crippen LogP contribution in [0.5, 0.6) is 5.75 Å². The fraction of sp³-hybridized carbons (Fsp3) is 0.556. The summed E-state index contributed by atoms with van der Waals surface area (Å²) in [5, 5.41) is 0. The maximum absolute atomic E-state index is 6.04. The first-order chi connectivity index (χ1) is 9.04. The van der Waals surface area contributed by atoms with E-state index in [0.29, 0.717) is 17.8 Å². The van der Waals surface area contributed by atoms with Gasteiger partial charge in [0, 0.05) is 5.92 Å². The van der Waals surface area contributed by atoms with Crippen LogP contribution in [0, 0.1) is 17.8 Å². The van der Waals surface area contributed by atoms with Crippen molar-refractivity contribution in [1.82, 2.24) is 0 Å². The standard InChI is InChI=1S/C18H28O/c1-6-10-15(4)16(5)13-18(14(2)3)19-17-11-8-7-9-12-17/h7-9,11-16H,6,10H2,1-5H3/b18-13+. The van der Waals surface area contributed by atoms with Gasteiger partial charge in [-0.05, 0) is 30.0 Å². The molecule has 106 valence electrons. The van der Waals surface area contributed by atoms with E-state index in [0.717, 1.165) is 11.5 Å². The average Bonchev–Trinajstić information content (AvgIpc) is 2.39. The molecule has 0 aromatic heterocycles. The highest BCUT2D eigenvalue weighted by Gasteiger charge is 2.13. The molecule has 2 unspecified atom stereocenters. The van der Waals surface area contributed by atoms with Crippen molar-refractivity contribution in [3.63, 3.8) is 0 Å². The molecule has 1 aromatic carbocycles. The molecule has 0 saturated heterocycles. The van der Waals surface area contributed by atoms with Crippen LogP contribution in [0.1, 0.15) is 47.5 Å². The monoisotopic (exact) mass is 260 g/mol. The van der Waals surface area contributed by atoms with E-state index in [1.807, 2.05) is 30.3 Å². The van der Waals surface area contributed by atoms with Crippen molar-refractivity contribution in [2.24, 2.45) is 17.8 Å². The van der Waals surface area contributed by atoms with E-state index in [1.54, 1.807) is 0 Å². The van der Waals surface area contributed by atoms with E-state index in [4.69, 9.17) is 4.74 Å². The topological polar surface area (TPSA) is 9.23 Å². The molecule has 0 saturated carbocycles. The first-order valence-corrected chi connectivity index (χ1v) is 7.49. The molecule has 0 N–H and O–H groups in total. The summed E-state index contributed by atoms with van der Waals surface area (Å²) in [5.41, 5.74) is 0. The quantitative estimate of drug-likeness (QED) is 0.573. The second kappa shape index (κ2) is 8.04. The molecule has 1 heteroatoms. The van der Waals surface area contributed by atoms with Crippen LogP contribution < -0.4 is 4.74 Å². The van der Waals surface area contributed by atoms with Crippen molar-refractivity contribution in [2.45, 2.75) is 47.5 Å². The number of benzene rings is 1. The number of rotatable bonds is 7. The molecule has 0 heterocycles. The largest absolute Gasteiger partial charge is 0.462 e. The molecule has 0 amide bonds. The summed E-state index contributed by atoms with van der Waals surface area (Å²) < 4.78 is 6.04. The third-order valence-electron chi connectivity index (χ3n) is 3.62. The van der Waals surface area contributed by atoms with Crippen LogP contribution in [0.3, 0.4) is 0 Å². The summed E-state index contributed by atoms with van der Waals surface area (Å²) >= 11 is 0. The average molecular weight is 260 g/mol. The number of allylic oxidation sites excluding steroid dienone is 2. The molecular weight excluding hydrogens is 232 g/mol. The molecule has 2 atom stereocenters. The minimum absolute atomic E-state index is 0.413. The molecule has 1 rings (SSSR count). The van der Waals surface area contributed by atoms with Crippen molar-refractivity contribution in [2.75, 3.05) is 0 Å². The van der Waals surface area contributed by atoms with Gasteiger partial charge in [0.1, 0.15) is 11.5 Å². The zero-order chi connectivity index (χ0) is 14.3. The zero-order valence-corrected chi connectivity index (χ0v) is 13.0. The Morgan fingerprint density at radius 3 is 2.26 bits per heavy atom. The first kappa shape index (κ1) is 15.8. The molecule has 1 nitrogen and oxygen atoms in total. The Morgan fingerprint density at radius 1 is 1.11 bits per heavy atom. The summed E-state index contributed by atoms with van der Waals surface area (Å²) in [4.78, 5) is 0. The lowest BCUT2D eigenvalue weighted by Crippen LogP contribution is -2.10. The summed E-state index contributed by atoms with van der Waals surface area (Å²) in [6.07, 6.45) is 4.82. The SMILES string of the molecule is CCCC(C)C(C)/C=C(/Oc1ccccc1)C(C)C. The molecule has 0 aliphatic carbocycles. The summed E-state index contributed by atoms with van der Waals surface area (Å²) in [6.45, 7) is 11.2. The van der Waals surface area contributed by atoms with E-state index in [1.165, 1.54) is 12.8 Å². The normalized spacial score (nSPS) is 15.4.